The molecule has 3 rings (SSSR count). The second-order valence-electron chi connectivity index (χ2n) is 6.70. The molecule has 0 saturated heterocycles. The number of aliphatic hydroxyl groups is 1. The number of nitrogens with one attached hydrogen (secondary N) is 1. The van der Waals surface area contributed by atoms with Gasteiger partial charge in [-0.25, -0.2) is 4.79 Å². The van der Waals surface area contributed by atoms with Crippen LogP contribution in [0, 0.1) is 0 Å². The maximum atomic E-state index is 13.5. The summed E-state index contributed by atoms with van der Waals surface area (Å²) in [6.07, 6.45) is -6.20. The van der Waals surface area contributed by atoms with E-state index >= 15 is 0 Å². The van der Waals surface area contributed by atoms with Gasteiger partial charge in [-0.05, 0) is 35.9 Å². The molecule has 168 valence electrons. The first-order valence-corrected chi connectivity index (χ1v) is 10.1. The highest BCUT2D eigenvalue weighted by molar-refractivity contribution is 7.12. The average molecular weight is 465 g/mol. The summed E-state index contributed by atoms with van der Waals surface area (Å²) in [7, 11) is 0. The van der Waals surface area contributed by atoms with E-state index in [1.54, 1.807) is 30.3 Å². The number of amides is 1. The van der Waals surface area contributed by atoms with Crippen molar-refractivity contribution in [2.45, 2.75) is 18.9 Å². The highest BCUT2D eigenvalue weighted by Gasteiger charge is 2.36. The Morgan fingerprint density at radius 3 is 2.31 bits per heavy atom. The SMILES string of the molecule is O=C(NCC(O)C(=O)O)c1ccc(OCc2cc(-c3ccccc3)c(C(F)(F)F)s2)cc1. The number of carboxylic acid groups (broad SMARTS) is 1. The van der Waals surface area contributed by atoms with Gasteiger partial charge in [0.1, 0.15) is 17.2 Å². The Kier molecular flexibility index (Phi) is 7.16. The van der Waals surface area contributed by atoms with Crippen molar-refractivity contribution < 1.29 is 37.7 Å². The minimum absolute atomic E-state index is 0.0864. The molecule has 1 heterocycles. The number of rotatable bonds is 8. The predicted octanol–water partition coefficient (Wildman–Crippen LogP) is 4.19. The summed E-state index contributed by atoms with van der Waals surface area (Å²) in [5.41, 5.74) is 0.764. The molecular formula is C22H18F3NO5S. The van der Waals surface area contributed by atoms with Gasteiger partial charge in [0.25, 0.3) is 5.91 Å². The molecule has 0 fully saturated rings. The van der Waals surface area contributed by atoms with E-state index in [0.717, 1.165) is 0 Å². The number of ether oxygens (including phenoxy) is 1. The Balaban J connectivity index is 1.66. The number of thiophene rings is 1. The monoisotopic (exact) mass is 465 g/mol. The van der Waals surface area contributed by atoms with Crippen LogP contribution in [0.5, 0.6) is 5.75 Å². The quantitative estimate of drug-likeness (QED) is 0.464. The molecule has 0 bridgehead atoms. The molecule has 2 aromatic carbocycles. The third-order valence-corrected chi connectivity index (χ3v) is 5.52. The van der Waals surface area contributed by atoms with Crippen LogP contribution in [0.3, 0.4) is 0 Å². The Morgan fingerprint density at radius 2 is 1.72 bits per heavy atom. The zero-order valence-corrected chi connectivity index (χ0v) is 17.2. The van der Waals surface area contributed by atoms with E-state index in [1.165, 1.54) is 30.3 Å². The Hall–Kier alpha value is -3.37. The van der Waals surface area contributed by atoms with Gasteiger partial charge < -0.3 is 20.3 Å². The zero-order chi connectivity index (χ0) is 23.3. The zero-order valence-electron chi connectivity index (χ0n) is 16.4. The van der Waals surface area contributed by atoms with Crippen LogP contribution in [0.1, 0.15) is 20.1 Å². The van der Waals surface area contributed by atoms with Crippen LogP contribution in [0.15, 0.2) is 60.7 Å². The first-order valence-electron chi connectivity index (χ1n) is 9.32. The summed E-state index contributed by atoms with van der Waals surface area (Å²) < 4.78 is 46.0. The molecule has 0 saturated carbocycles. The first-order chi connectivity index (χ1) is 15.1. The number of benzene rings is 2. The summed E-state index contributed by atoms with van der Waals surface area (Å²) >= 11 is 0.614. The fraction of sp³-hybridized carbons (Fsp3) is 0.182. The van der Waals surface area contributed by atoms with E-state index in [9.17, 15) is 27.9 Å². The maximum absolute atomic E-state index is 13.5. The van der Waals surface area contributed by atoms with E-state index in [-0.39, 0.29) is 17.7 Å². The van der Waals surface area contributed by atoms with Gasteiger partial charge in [-0.3, -0.25) is 4.79 Å². The minimum Gasteiger partial charge on any atom is -0.488 e. The number of aliphatic hydroxyl groups excluding tert-OH is 1. The van der Waals surface area contributed by atoms with E-state index in [4.69, 9.17) is 9.84 Å². The highest BCUT2D eigenvalue weighted by Crippen LogP contribution is 2.43. The number of carboxylic acids is 1. The van der Waals surface area contributed by atoms with Crippen LogP contribution in [-0.2, 0) is 17.6 Å². The van der Waals surface area contributed by atoms with Gasteiger partial charge in [-0.2, -0.15) is 13.2 Å². The molecular weight excluding hydrogens is 447 g/mol. The van der Waals surface area contributed by atoms with Gasteiger partial charge in [-0.1, -0.05) is 30.3 Å². The van der Waals surface area contributed by atoms with E-state index in [2.05, 4.69) is 5.32 Å². The van der Waals surface area contributed by atoms with Gasteiger partial charge >= 0.3 is 12.1 Å². The summed E-state index contributed by atoms with van der Waals surface area (Å²) in [5.74, 6) is -1.69. The minimum atomic E-state index is -4.49. The lowest BCUT2D eigenvalue weighted by Crippen LogP contribution is -2.36. The molecule has 1 atom stereocenters. The summed E-state index contributed by atoms with van der Waals surface area (Å²) in [4.78, 5) is 22.2. The third-order valence-electron chi connectivity index (χ3n) is 4.36. The molecule has 0 spiro atoms. The predicted molar refractivity (Wildman–Crippen MR) is 112 cm³/mol. The number of carbonyl (C=O) groups excluding carboxylic acids is 1. The Labute approximate surface area is 184 Å². The number of halogens is 3. The molecule has 0 aliphatic rings. The molecule has 6 nitrogen and oxygen atoms in total. The van der Waals surface area contributed by atoms with Crippen molar-refractivity contribution in [1.29, 1.82) is 0 Å². The van der Waals surface area contributed by atoms with Crippen molar-refractivity contribution in [2.24, 2.45) is 0 Å². The number of alkyl halides is 3. The van der Waals surface area contributed by atoms with E-state index < -0.39 is 35.6 Å². The fourth-order valence-corrected chi connectivity index (χ4v) is 3.75. The van der Waals surface area contributed by atoms with Crippen LogP contribution >= 0.6 is 11.3 Å². The highest BCUT2D eigenvalue weighted by atomic mass is 32.1. The largest absolute Gasteiger partial charge is 0.488 e. The van der Waals surface area contributed by atoms with E-state index in [1.807, 2.05) is 0 Å². The standard InChI is InChI=1S/C22H18F3NO5S/c23-22(24,25)19-17(13-4-2-1-3-5-13)10-16(32-19)12-31-15-8-6-14(7-9-15)20(28)26-11-18(27)21(29)30/h1-10,18,27H,11-12H2,(H,26,28)(H,29,30). The normalized spacial score (nSPS) is 12.2. The van der Waals surface area contributed by atoms with Gasteiger partial charge in [-0.15, -0.1) is 11.3 Å². The van der Waals surface area contributed by atoms with Crippen LogP contribution in [0.25, 0.3) is 11.1 Å². The smallest absolute Gasteiger partial charge is 0.426 e. The Bertz CT molecular complexity index is 1080. The fourth-order valence-electron chi connectivity index (χ4n) is 2.79. The molecule has 1 amide bonds. The second-order valence-corrected chi connectivity index (χ2v) is 7.83. The van der Waals surface area contributed by atoms with Crippen molar-refractivity contribution in [2.75, 3.05) is 6.54 Å². The number of aliphatic carboxylic acids is 1. The lowest BCUT2D eigenvalue weighted by atomic mass is 10.1. The molecule has 0 aliphatic carbocycles. The third kappa shape index (κ3) is 5.86. The number of hydrogen-bond acceptors (Lipinski definition) is 5. The van der Waals surface area contributed by atoms with Crippen LogP contribution in [0.2, 0.25) is 0 Å². The number of hydrogen-bond donors (Lipinski definition) is 3. The lowest BCUT2D eigenvalue weighted by Gasteiger charge is -2.09. The molecule has 1 aromatic heterocycles. The van der Waals surface area contributed by atoms with Crippen molar-refractivity contribution in [1.82, 2.24) is 5.32 Å². The van der Waals surface area contributed by atoms with E-state index in [0.29, 0.717) is 27.5 Å². The molecule has 0 radical (unpaired) electrons. The molecule has 3 N–H and O–H groups in total. The van der Waals surface area contributed by atoms with Crippen LogP contribution in [0.4, 0.5) is 13.2 Å². The van der Waals surface area contributed by atoms with Crippen LogP contribution < -0.4 is 10.1 Å². The van der Waals surface area contributed by atoms with Gasteiger partial charge in [0, 0.05) is 16.0 Å². The molecule has 0 aliphatic heterocycles. The van der Waals surface area contributed by atoms with Crippen molar-refractivity contribution in [3.05, 3.63) is 76.0 Å². The Morgan fingerprint density at radius 1 is 1.06 bits per heavy atom. The maximum Gasteiger partial charge on any atom is 0.426 e. The van der Waals surface area contributed by atoms with Crippen LogP contribution in [-0.4, -0.2) is 34.7 Å². The average Bonchev–Trinajstić information content (AvgIpc) is 3.22. The molecule has 10 heteroatoms. The second kappa shape index (κ2) is 9.84. The molecule has 1 unspecified atom stereocenters. The number of carbonyl (C=O) groups is 2. The van der Waals surface area contributed by atoms with Gasteiger partial charge in [0.05, 0.1) is 6.54 Å². The summed E-state index contributed by atoms with van der Waals surface area (Å²) in [5, 5.41) is 20.1. The van der Waals surface area contributed by atoms with Gasteiger partial charge in [0.2, 0.25) is 0 Å². The van der Waals surface area contributed by atoms with Gasteiger partial charge in [0.15, 0.2) is 6.10 Å². The lowest BCUT2D eigenvalue weighted by molar-refractivity contribution is -0.146. The summed E-state index contributed by atoms with van der Waals surface area (Å²) in [6, 6.07) is 15.5. The van der Waals surface area contributed by atoms with Crippen molar-refractivity contribution >= 4 is 23.2 Å². The van der Waals surface area contributed by atoms with Crippen molar-refractivity contribution in [3.8, 4) is 16.9 Å². The first kappa shape index (κ1) is 23.3. The molecule has 32 heavy (non-hydrogen) atoms. The topological polar surface area (TPSA) is 95.9 Å². The molecule has 3 aromatic rings. The van der Waals surface area contributed by atoms with Crippen molar-refractivity contribution in [3.63, 3.8) is 0 Å². The summed E-state index contributed by atoms with van der Waals surface area (Å²) in [6.45, 7) is -0.535.